The number of alkyl halides is 3. The van der Waals surface area contributed by atoms with E-state index in [1.165, 1.54) is 0 Å². The quantitative estimate of drug-likeness (QED) is 0.865. The molecule has 2 rings (SSSR count). The Labute approximate surface area is 113 Å². The van der Waals surface area contributed by atoms with Crippen LogP contribution in [0, 0.1) is 0 Å². The molecule has 2 aromatic rings. The highest BCUT2D eigenvalue weighted by Gasteiger charge is 2.31. The normalized spacial score (nSPS) is 11.6. The first-order valence-corrected chi connectivity index (χ1v) is 5.95. The Morgan fingerprint density at radius 2 is 1.58 bits per heavy atom. The molecule has 0 fully saturated rings. The van der Waals surface area contributed by atoms with Gasteiger partial charge in [-0.25, -0.2) is 0 Å². The molecule has 0 bridgehead atoms. The van der Waals surface area contributed by atoms with Crippen LogP contribution in [0.3, 0.4) is 0 Å². The Morgan fingerprint density at radius 1 is 0.947 bits per heavy atom. The number of benzene rings is 2. The summed E-state index contributed by atoms with van der Waals surface area (Å²) < 4.78 is 38.4. The van der Waals surface area contributed by atoms with Crippen molar-refractivity contribution in [1.29, 1.82) is 0 Å². The lowest BCUT2D eigenvalue weighted by Crippen LogP contribution is -2.07. The zero-order valence-electron chi connectivity index (χ0n) is 9.84. The molecule has 19 heavy (non-hydrogen) atoms. The van der Waals surface area contributed by atoms with Crippen LogP contribution >= 0.6 is 11.6 Å². The van der Waals surface area contributed by atoms with Gasteiger partial charge in [-0.2, -0.15) is 13.2 Å². The molecule has 0 heterocycles. The number of nitrogens with two attached hydrogens (primary N) is 1. The van der Waals surface area contributed by atoms with E-state index in [4.69, 9.17) is 17.3 Å². The van der Waals surface area contributed by atoms with Crippen LogP contribution in [0.2, 0.25) is 5.02 Å². The lowest BCUT2D eigenvalue weighted by Gasteiger charge is -2.12. The van der Waals surface area contributed by atoms with Crippen LogP contribution in [0.4, 0.5) is 13.2 Å². The summed E-state index contributed by atoms with van der Waals surface area (Å²) >= 11 is 5.76. The van der Waals surface area contributed by atoms with Gasteiger partial charge in [0.25, 0.3) is 0 Å². The van der Waals surface area contributed by atoms with Crippen LogP contribution in [0.15, 0.2) is 42.5 Å². The van der Waals surface area contributed by atoms with Gasteiger partial charge in [0.1, 0.15) is 0 Å². The van der Waals surface area contributed by atoms with Gasteiger partial charge in [-0.3, -0.25) is 0 Å². The van der Waals surface area contributed by atoms with Crippen LogP contribution in [-0.2, 0) is 12.7 Å². The van der Waals surface area contributed by atoms with Crippen LogP contribution in [0.5, 0.6) is 0 Å². The van der Waals surface area contributed by atoms with Gasteiger partial charge in [-0.05, 0) is 47.0 Å². The minimum atomic E-state index is -4.38. The Hall–Kier alpha value is -1.52. The Morgan fingerprint density at radius 3 is 2.11 bits per heavy atom. The zero-order chi connectivity index (χ0) is 14.0. The maximum absolute atomic E-state index is 12.8. The molecule has 0 aliphatic carbocycles. The standard InChI is InChI=1S/C14H11ClF3N/c15-13-3-1-10(2-4-13)11-5-9(8-19)6-12(7-11)14(16,17)18/h1-7H,8,19H2. The molecular formula is C14H11ClF3N. The number of hydrogen-bond donors (Lipinski definition) is 1. The first-order chi connectivity index (χ1) is 8.90. The molecule has 0 atom stereocenters. The van der Waals surface area contributed by atoms with Gasteiger partial charge >= 0.3 is 6.18 Å². The molecule has 2 N–H and O–H groups in total. The highest BCUT2D eigenvalue weighted by Crippen LogP contribution is 2.33. The lowest BCUT2D eigenvalue weighted by atomic mass is 9.99. The first kappa shape index (κ1) is 13.9. The van der Waals surface area contributed by atoms with E-state index in [1.807, 2.05) is 0 Å². The predicted molar refractivity (Wildman–Crippen MR) is 69.8 cm³/mol. The van der Waals surface area contributed by atoms with Gasteiger partial charge < -0.3 is 5.73 Å². The van der Waals surface area contributed by atoms with Gasteiger partial charge in [0.2, 0.25) is 0 Å². The van der Waals surface area contributed by atoms with Gasteiger partial charge in [0.15, 0.2) is 0 Å². The van der Waals surface area contributed by atoms with Crippen LogP contribution in [0.1, 0.15) is 11.1 Å². The summed E-state index contributed by atoms with van der Waals surface area (Å²) in [7, 11) is 0. The third kappa shape index (κ3) is 3.28. The molecule has 0 unspecified atom stereocenters. The highest BCUT2D eigenvalue weighted by molar-refractivity contribution is 6.30. The summed E-state index contributed by atoms with van der Waals surface area (Å²) in [6, 6.07) is 10.5. The largest absolute Gasteiger partial charge is 0.416 e. The lowest BCUT2D eigenvalue weighted by molar-refractivity contribution is -0.137. The Kier molecular flexibility index (Phi) is 3.83. The minimum absolute atomic E-state index is 0.0600. The monoisotopic (exact) mass is 285 g/mol. The van der Waals surface area contributed by atoms with E-state index < -0.39 is 11.7 Å². The van der Waals surface area contributed by atoms with Crippen molar-refractivity contribution in [2.45, 2.75) is 12.7 Å². The molecule has 0 aliphatic heterocycles. The summed E-state index contributed by atoms with van der Waals surface area (Å²) in [6.07, 6.45) is -4.38. The van der Waals surface area contributed by atoms with E-state index in [2.05, 4.69) is 0 Å². The molecule has 0 aromatic heterocycles. The molecule has 0 amide bonds. The fourth-order valence-electron chi connectivity index (χ4n) is 1.78. The van der Waals surface area contributed by atoms with Crippen LogP contribution < -0.4 is 5.73 Å². The van der Waals surface area contributed by atoms with E-state index >= 15 is 0 Å². The molecule has 1 nitrogen and oxygen atoms in total. The third-order valence-corrected chi connectivity index (χ3v) is 2.99. The summed E-state index contributed by atoms with van der Waals surface area (Å²) in [6.45, 7) is 0.0600. The number of hydrogen-bond acceptors (Lipinski definition) is 1. The van der Waals surface area contributed by atoms with Crippen molar-refractivity contribution < 1.29 is 13.2 Å². The van der Waals surface area contributed by atoms with E-state index in [-0.39, 0.29) is 6.54 Å². The SMILES string of the molecule is NCc1cc(-c2ccc(Cl)cc2)cc(C(F)(F)F)c1. The molecule has 0 aliphatic rings. The molecular weight excluding hydrogens is 275 g/mol. The summed E-state index contributed by atoms with van der Waals surface area (Å²) in [5, 5.41) is 0.537. The van der Waals surface area contributed by atoms with Crippen molar-refractivity contribution in [2.75, 3.05) is 0 Å². The molecule has 2 aromatic carbocycles. The van der Waals surface area contributed by atoms with Gasteiger partial charge in [0, 0.05) is 11.6 Å². The smallest absolute Gasteiger partial charge is 0.326 e. The van der Waals surface area contributed by atoms with Gasteiger partial charge in [-0.1, -0.05) is 23.7 Å². The fourth-order valence-corrected chi connectivity index (χ4v) is 1.91. The molecule has 0 saturated heterocycles. The minimum Gasteiger partial charge on any atom is -0.326 e. The van der Waals surface area contributed by atoms with Crippen molar-refractivity contribution >= 4 is 11.6 Å². The summed E-state index contributed by atoms with van der Waals surface area (Å²) in [4.78, 5) is 0. The molecule has 0 saturated carbocycles. The fraction of sp³-hybridized carbons (Fsp3) is 0.143. The molecule has 100 valence electrons. The molecule has 0 spiro atoms. The van der Waals surface area contributed by atoms with Crippen LogP contribution in [0.25, 0.3) is 11.1 Å². The van der Waals surface area contributed by atoms with Gasteiger partial charge in [0.05, 0.1) is 5.56 Å². The van der Waals surface area contributed by atoms with Crippen molar-refractivity contribution in [3.8, 4) is 11.1 Å². The van der Waals surface area contributed by atoms with E-state index in [9.17, 15) is 13.2 Å². The second-order valence-corrected chi connectivity index (χ2v) is 4.56. The van der Waals surface area contributed by atoms with Crippen molar-refractivity contribution in [2.24, 2.45) is 5.73 Å². The number of rotatable bonds is 2. The second kappa shape index (κ2) is 5.23. The summed E-state index contributed by atoms with van der Waals surface area (Å²) in [5.74, 6) is 0. The highest BCUT2D eigenvalue weighted by atomic mass is 35.5. The average molecular weight is 286 g/mol. The van der Waals surface area contributed by atoms with E-state index in [1.54, 1.807) is 30.3 Å². The second-order valence-electron chi connectivity index (χ2n) is 4.13. The maximum Gasteiger partial charge on any atom is 0.416 e. The van der Waals surface area contributed by atoms with Crippen molar-refractivity contribution in [3.63, 3.8) is 0 Å². The van der Waals surface area contributed by atoms with E-state index in [0.717, 1.165) is 12.1 Å². The van der Waals surface area contributed by atoms with Crippen molar-refractivity contribution in [1.82, 2.24) is 0 Å². The average Bonchev–Trinajstić information content (AvgIpc) is 2.38. The Balaban J connectivity index is 2.54. The topological polar surface area (TPSA) is 26.0 Å². The van der Waals surface area contributed by atoms with E-state index in [0.29, 0.717) is 21.7 Å². The number of halogens is 4. The third-order valence-electron chi connectivity index (χ3n) is 2.73. The maximum atomic E-state index is 12.8. The molecule has 0 radical (unpaired) electrons. The Bertz CT molecular complexity index is 576. The molecule has 5 heteroatoms. The predicted octanol–water partition coefficient (Wildman–Crippen LogP) is 4.48. The van der Waals surface area contributed by atoms with Crippen molar-refractivity contribution in [3.05, 3.63) is 58.6 Å². The summed E-state index contributed by atoms with van der Waals surface area (Å²) in [5.41, 5.74) is 6.34. The zero-order valence-corrected chi connectivity index (χ0v) is 10.6. The van der Waals surface area contributed by atoms with Crippen LogP contribution in [-0.4, -0.2) is 0 Å². The first-order valence-electron chi connectivity index (χ1n) is 5.57. The van der Waals surface area contributed by atoms with Gasteiger partial charge in [-0.15, -0.1) is 0 Å².